The molecule has 1 atom stereocenters. The molecule has 0 radical (unpaired) electrons. The van der Waals surface area contributed by atoms with Crippen molar-refractivity contribution in [3.05, 3.63) is 0 Å². The maximum atomic E-state index is 3.77. The van der Waals surface area contributed by atoms with Crippen molar-refractivity contribution in [1.82, 2.24) is 10.2 Å². The number of nitrogens with one attached hydrogen (secondary N) is 1. The van der Waals surface area contributed by atoms with Gasteiger partial charge in [0.05, 0.1) is 0 Å². The largest absolute Gasteiger partial charge is 0.308 e. The number of hydrogen-bond acceptors (Lipinski definition) is 2. The van der Waals surface area contributed by atoms with E-state index in [1.807, 2.05) is 0 Å². The Balaban J connectivity index is 2.37. The van der Waals surface area contributed by atoms with Crippen molar-refractivity contribution in [2.75, 3.05) is 19.6 Å². The molecule has 1 saturated heterocycles. The molecule has 84 valence electrons. The lowest BCUT2D eigenvalue weighted by Gasteiger charge is -2.37. The molecule has 1 N–H and O–H groups in total. The molecule has 1 heterocycles. The normalized spacial score (nSPS) is 25.3. The van der Waals surface area contributed by atoms with E-state index in [1.54, 1.807) is 0 Å². The minimum atomic E-state index is 0.307. The molecule has 2 nitrogen and oxygen atoms in total. The topological polar surface area (TPSA) is 15.3 Å². The number of piperidine rings is 1. The molecule has 0 aromatic rings. The van der Waals surface area contributed by atoms with E-state index < -0.39 is 0 Å². The van der Waals surface area contributed by atoms with Gasteiger partial charge in [-0.3, -0.25) is 0 Å². The van der Waals surface area contributed by atoms with Gasteiger partial charge in [-0.15, -0.1) is 0 Å². The van der Waals surface area contributed by atoms with Crippen LogP contribution in [0.25, 0.3) is 0 Å². The highest BCUT2D eigenvalue weighted by Gasteiger charge is 2.24. The molecule has 0 aromatic carbocycles. The number of nitrogens with zero attached hydrogens (tertiary/aromatic N) is 1. The summed E-state index contributed by atoms with van der Waals surface area (Å²) in [6, 6.07) is 0.707. The van der Waals surface area contributed by atoms with Crippen molar-refractivity contribution >= 4 is 0 Å². The van der Waals surface area contributed by atoms with Gasteiger partial charge in [-0.05, 0) is 46.2 Å². The Morgan fingerprint density at radius 3 is 2.64 bits per heavy atom. The van der Waals surface area contributed by atoms with E-state index in [0.717, 1.165) is 0 Å². The first-order valence-electron chi connectivity index (χ1n) is 6.07. The summed E-state index contributed by atoms with van der Waals surface area (Å²) in [5.74, 6) is 0. The summed E-state index contributed by atoms with van der Waals surface area (Å²) in [6.45, 7) is 12.8. The molecular weight excluding hydrogens is 172 g/mol. The number of rotatable bonds is 4. The second-order valence-electron chi connectivity index (χ2n) is 5.11. The van der Waals surface area contributed by atoms with Crippen molar-refractivity contribution in [2.45, 2.75) is 58.5 Å². The van der Waals surface area contributed by atoms with Crippen LogP contribution in [0.5, 0.6) is 0 Å². The fourth-order valence-corrected chi connectivity index (χ4v) is 2.12. The van der Waals surface area contributed by atoms with Crippen LogP contribution in [0.4, 0.5) is 0 Å². The van der Waals surface area contributed by atoms with Crippen molar-refractivity contribution in [1.29, 1.82) is 0 Å². The lowest BCUT2D eigenvalue weighted by atomic mass is 9.97. The second-order valence-corrected chi connectivity index (χ2v) is 5.11. The number of likely N-dealkylation sites (N-methyl/N-ethyl adjacent to an activating group) is 1. The van der Waals surface area contributed by atoms with Crippen molar-refractivity contribution < 1.29 is 0 Å². The Hall–Kier alpha value is -0.0800. The monoisotopic (exact) mass is 198 g/mol. The van der Waals surface area contributed by atoms with Gasteiger partial charge in [0.1, 0.15) is 0 Å². The van der Waals surface area contributed by atoms with Crippen LogP contribution in [0.3, 0.4) is 0 Å². The summed E-state index contributed by atoms with van der Waals surface area (Å²) in [7, 11) is 0. The molecule has 14 heavy (non-hydrogen) atoms. The summed E-state index contributed by atoms with van der Waals surface area (Å²) in [5.41, 5.74) is 0.307. The van der Waals surface area contributed by atoms with Gasteiger partial charge in [0.15, 0.2) is 0 Å². The average molecular weight is 198 g/mol. The minimum Gasteiger partial charge on any atom is -0.308 e. The molecular formula is C12H26N2. The van der Waals surface area contributed by atoms with Gasteiger partial charge in [0.2, 0.25) is 0 Å². The lowest BCUT2D eigenvalue weighted by Crippen LogP contribution is -2.52. The van der Waals surface area contributed by atoms with Crippen molar-refractivity contribution in [3.8, 4) is 0 Å². The standard InChI is InChI=1S/C12H26N2/c1-5-12(3,4)13-11-8-7-9-14(6-2)10-11/h11,13H,5-10H2,1-4H3. The summed E-state index contributed by atoms with van der Waals surface area (Å²) in [6.07, 6.45) is 3.90. The van der Waals surface area contributed by atoms with Crippen LogP contribution in [0.1, 0.15) is 47.0 Å². The van der Waals surface area contributed by atoms with E-state index in [0.29, 0.717) is 11.6 Å². The number of hydrogen-bond donors (Lipinski definition) is 1. The van der Waals surface area contributed by atoms with Crippen LogP contribution in [-0.4, -0.2) is 36.1 Å². The Kier molecular flexibility index (Phi) is 4.39. The zero-order chi connectivity index (χ0) is 10.6. The number of likely N-dealkylation sites (tertiary alicyclic amines) is 1. The predicted octanol–water partition coefficient (Wildman–Crippen LogP) is 2.25. The van der Waals surface area contributed by atoms with Gasteiger partial charge in [-0.25, -0.2) is 0 Å². The lowest BCUT2D eigenvalue weighted by molar-refractivity contribution is 0.173. The molecule has 0 saturated carbocycles. The average Bonchev–Trinajstić information content (AvgIpc) is 2.17. The van der Waals surface area contributed by atoms with Gasteiger partial charge in [0, 0.05) is 18.1 Å². The zero-order valence-electron chi connectivity index (χ0n) is 10.3. The van der Waals surface area contributed by atoms with E-state index in [4.69, 9.17) is 0 Å². The van der Waals surface area contributed by atoms with Gasteiger partial charge in [-0.2, -0.15) is 0 Å². The maximum absolute atomic E-state index is 3.77. The second kappa shape index (κ2) is 5.13. The summed E-state index contributed by atoms with van der Waals surface area (Å²) in [4.78, 5) is 2.55. The van der Waals surface area contributed by atoms with E-state index in [1.165, 1.54) is 38.9 Å². The van der Waals surface area contributed by atoms with Gasteiger partial charge >= 0.3 is 0 Å². The van der Waals surface area contributed by atoms with E-state index >= 15 is 0 Å². The van der Waals surface area contributed by atoms with Crippen molar-refractivity contribution in [2.24, 2.45) is 0 Å². The quantitative estimate of drug-likeness (QED) is 0.745. The molecule has 1 aliphatic heterocycles. The van der Waals surface area contributed by atoms with E-state index in [9.17, 15) is 0 Å². The zero-order valence-corrected chi connectivity index (χ0v) is 10.3. The highest BCUT2D eigenvalue weighted by atomic mass is 15.2. The van der Waals surface area contributed by atoms with Gasteiger partial charge in [0.25, 0.3) is 0 Å². The summed E-state index contributed by atoms with van der Waals surface area (Å²) >= 11 is 0. The fraction of sp³-hybridized carbons (Fsp3) is 1.00. The molecule has 0 aromatic heterocycles. The van der Waals surface area contributed by atoms with Crippen molar-refractivity contribution in [3.63, 3.8) is 0 Å². The first kappa shape index (κ1) is 12.0. The van der Waals surface area contributed by atoms with Crippen LogP contribution in [0.2, 0.25) is 0 Å². The highest BCUT2D eigenvalue weighted by Crippen LogP contribution is 2.15. The SMILES string of the molecule is CCN1CCCC(NC(C)(C)CC)C1. The summed E-state index contributed by atoms with van der Waals surface area (Å²) in [5, 5.41) is 3.77. The first-order chi connectivity index (χ1) is 6.57. The Bertz CT molecular complexity index is 166. The maximum Gasteiger partial charge on any atom is 0.0200 e. The molecule has 0 amide bonds. The third kappa shape index (κ3) is 3.58. The molecule has 1 unspecified atom stereocenters. The van der Waals surface area contributed by atoms with Crippen LogP contribution in [0, 0.1) is 0 Å². The molecule has 1 aliphatic rings. The van der Waals surface area contributed by atoms with Crippen LogP contribution >= 0.6 is 0 Å². The molecule has 1 rings (SSSR count). The van der Waals surface area contributed by atoms with E-state index in [-0.39, 0.29) is 0 Å². The third-order valence-corrected chi connectivity index (χ3v) is 3.43. The smallest absolute Gasteiger partial charge is 0.0200 e. The van der Waals surface area contributed by atoms with Crippen LogP contribution in [-0.2, 0) is 0 Å². The Morgan fingerprint density at radius 2 is 2.07 bits per heavy atom. The molecule has 0 aliphatic carbocycles. The first-order valence-corrected chi connectivity index (χ1v) is 6.07. The van der Waals surface area contributed by atoms with Gasteiger partial charge in [-0.1, -0.05) is 13.8 Å². The van der Waals surface area contributed by atoms with Crippen LogP contribution < -0.4 is 5.32 Å². The van der Waals surface area contributed by atoms with E-state index in [2.05, 4.69) is 37.9 Å². The Labute approximate surface area is 89.1 Å². The minimum absolute atomic E-state index is 0.307. The highest BCUT2D eigenvalue weighted by molar-refractivity contribution is 4.85. The molecule has 0 spiro atoms. The molecule has 1 fully saturated rings. The molecule has 2 heteroatoms. The molecule has 0 bridgehead atoms. The Morgan fingerprint density at radius 1 is 1.36 bits per heavy atom. The van der Waals surface area contributed by atoms with Gasteiger partial charge < -0.3 is 10.2 Å². The summed E-state index contributed by atoms with van der Waals surface area (Å²) < 4.78 is 0. The third-order valence-electron chi connectivity index (χ3n) is 3.43. The fourth-order valence-electron chi connectivity index (χ4n) is 2.12. The predicted molar refractivity (Wildman–Crippen MR) is 62.6 cm³/mol. The van der Waals surface area contributed by atoms with Crippen LogP contribution in [0.15, 0.2) is 0 Å².